The normalized spacial score (nSPS) is 10.2. The fourth-order valence-electron chi connectivity index (χ4n) is 1.58. The molecule has 0 saturated carbocycles. The van der Waals surface area contributed by atoms with Crippen LogP contribution in [0.2, 0.25) is 0 Å². The summed E-state index contributed by atoms with van der Waals surface area (Å²) in [4.78, 5) is 33.6. The molecule has 8 nitrogen and oxygen atoms in total. The van der Waals surface area contributed by atoms with E-state index in [4.69, 9.17) is 5.73 Å². The molecule has 0 aromatic heterocycles. The summed E-state index contributed by atoms with van der Waals surface area (Å²) in [5.74, 6) is -0.781. The van der Waals surface area contributed by atoms with Crippen molar-refractivity contribution in [2.45, 2.75) is 13.8 Å². The molecule has 0 saturated heterocycles. The van der Waals surface area contributed by atoms with Crippen molar-refractivity contribution in [2.75, 3.05) is 18.8 Å². The minimum atomic E-state index is -0.719. The maximum atomic E-state index is 11.9. The number of nitro groups is 1. The Hall–Kier alpha value is -2.64. The second kappa shape index (κ2) is 7.22. The summed E-state index contributed by atoms with van der Waals surface area (Å²) in [5, 5.41) is 15.9. The number of nitrogens with one attached hydrogen (secondary N) is 2. The lowest BCUT2D eigenvalue weighted by Crippen LogP contribution is -2.38. The molecule has 0 unspecified atom stereocenters. The molecule has 0 atom stereocenters. The van der Waals surface area contributed by atoms with E-state index in [0.29, 0.717) is 12.5 Å². The molecule has 2 amide bonds. The first-order chi connectivity index (χ1) is 9.82. The van der Waals surface area contributed by atoms with Crippen LogP contribution >= 0.6 is 0 Å². The van der Waals surface area contributed by atoms with Crippen LogP contribution in [0, 0.1) is 16.0 Å². The van der Waals surface area contributed by atoms with Gasteiger partial charge in [-0.25, -0.2) is 0 Å². The van der Waals surface area contributed by atoms with Gasteiger partial charge in [0.05, 0.1) is 11.5 Å². The van der Waals surface area contributed by atoms with Crippen molar-refractivity contribution < 1.29 is 14.5 Å². The van der Waals surface area contributed by atoms with Gasteiger partial charge < -0.3 is 16.4 Å². The van der Waals surface area contributed by atoms with E-state index in [1.165, 1.54) is 18.2 Å². The number of amides is 2. The Kier molecular flexibility index (Phi) is 5.65. The summed E-state index contributed by atoms with van der Waals surface area (Å²) in [5.41, 5.74) is 4.77. The van der Waals surface area contributed by atoms with Crippen LogP contribution in [-0.2, 0) is 4.79 Å². The maximum absolute atomic E-state index is 11.9. The van der Waals surface area contributed by atoms with Crippen molar-refractivity contribution in [2.24, 2.45) is 5.92 Å². The van der Waals surface area contributed by atoms with Crippen molar-refractivity contribution in [1.82, 2.24) is 10.6 Å². The molecule has 4 N–H and O–H groups in total. The lowest BCUT2D eigenvalue weighted by molar-refractivity contribution is -0.384. The molecule has 0 aliphatic rings. The SMILES string of the molecule is CC(C)CNC(=O)CNC(=O)c1cccc(N)c1[N+](=O)[O-]. The van der Waals surface area contributed by atoms with Crippen LogP contribution in [0.3, 0.4) is 0 Å². The molecule has 0 heterocycles. The second-order valence-corrected chi connectivity index (χ2v) is 4.88. The van der Waals surface area contributed by atoms with Gasteiger partial charge in [0.15, 0.2) is 0 Å². The number of nitrogens with zero attached hydrogens (tertiary/aromatic N) is 1. The Morgan fingerprint density at radius 2 is 2.00 bits per heavy atom. The molecule has 0 fully saturated rings. The van der Waals surface area contributed by atoms with Crippen LogP contribution in [0.5, 0.6) is 0 Å². The monoisotopic (exact) mass is 294 g/mol. The summed E-state index contributed by atoms with van der Waals surface area (Å²) >= 11 is 0. The van der Waals surface area contributed by atoms with Gasteiger partial charge >= 0.3 is 5.69 Å². The van der Waals surface area contributed by atoms with Gasteiger partial charge in [0, 0.05) is 6.54 Å². The Balaban J connectivity index is 2.71. The van der Waals surface area contributed by atoms with Crippen molar-refractivity contribution in [3.8, 4) is 0 Å². The number of para-hydroxylation sites is 1. The Bertz CT molecular complexity index is 557. The van der Waals surface area contributed by atoms with Gasteiger partial charge in [-0.2, -0.15) is 0 Å². The number of nitrogens with two attached hydrogens (primary N) is 1. The van der Waals surface area contributed by atoms with Crippen LogP contribution in [0.4, 0.5) is 11.4 Å². The quantitative estimate of drug-likeness (QED) is 0.404. The lowest BCUT2D eigenvalue weighted by Gasteiger charge is -2.09. The smallest absolute Gasteiger partial charge is 0.304 e. The minimum Gasteiger partial charge on any atom is -0.393 e. The molecule has 0 aliphatic heterocycles. The van der Waals surface area contributed by atoms with E-state index in [9.17, 15) is 19.7 Å². The number of carbonyl (C=O) groups is 2. The Morgan fingerprint density at radius 3 is 2.57 bits per heavy atom. The van der Waals surface area contributed by atoms with Gasteiger partial charge in [-0.15, -0.1) is 0 Å². The molecular weight excluding hydrogens is 276 g/mol. The summed E-state index contributed by atoms with van der Waals surface area (Å²) in [6.07, 6.45) is 0. The van der Waals surface area contributed by atoms with Crippen molar-refractivity contribution in [1.29, 1.82) is 0 Å². The number of hydrogen-bond acceptors (Lipinski definition) is 5. The fraction of sp³-hybridized carbons (Fsp3) is 0.385. The molecule has 1 aromatic carbocycles. The standard InChI is InChI=1S/C13H18N4O4/c1-8(2)6-15-11(18)7-16-13(19)9-4-3-5-10(14)12(9)17(20)21/h3-5,8H,6-7,14H2,1-2H3,(H,15,18)(H,16,19). The third kappa shape index (κ3) is 4.75. The second-order valence-electron chi connectivity index (χ2n) is 4.88. The Labute approximate surface area is 121 Å². The highest BCUT2D eigenvalue weighted by atomic mass is 16.6. The predicted molar refractivity (Wildman–Crippen MR) is 77.7 cm³/mol. The number of nitrogen functional groups attached to an aromatic ring is 1. The van der Waals surface area contributed by atoms with Crippen LogP contribution < -0.4 is 16.4 Å². The van der Waals surface area contributed by atoms with E-state index in [-0.39, 0.29) is 23.7 Å². The summed E-state index contributed by atoms with van der Waals surface area (Å²) in [7, 11) is 0. The number of carbonyl (C=O) groups excluding carboxylic acids is 2. The van der Waals surface area contributed by atoms with Gasteiger partial charge in [0.1, 0.15) is 11.3 Å². The summed E-state index contributed by atoms with van der Waals surface area (Å²) in [6, 6.07) is 4.07. The minimum absolute atomic E-state index is 0.100. The zero-order valence-electron chi connectivity index (χ0n) is 11.9. The molecule has 21 heavy (non-hydrogen) atoms. The molecule has 8 heteroatoms. The third-order valence-corrected chi connectivity index (χ3v) is 2.61. The van der Waals surface area contributed by atoms with Crippen LogP contribution in [0.1, 0.15) is 24.2 Å². The zero-order valence-corrected chi connectivity index (χ0v) is 11.9. The molecular formula is C13H18N4O4. The number of benzene rings is 1. The highest BCUT2D eigenvalue weighted by molar-refractivity contribution is 6.01. The number of nitro benzene ring substituents is 1. The summed E-state index contributed by atoms with van der Waals surface area (Å²) in [6.45, 7) is 4.12. The Morgan fingerprint density at radius 1 is 1.33 bits per heavy atom. The van der Waals surface area contributed by atoms with Gasteiger partial charge in [-0.3, -0.25) is 19.7 Å². The molecule has 0 bridgehead atoms. The van der Waals surface area contributed by atoms with Gasteiger partial charge in [0.2, 0.25) is 5.91 Å². The molecule has 114 valence electrons. The van der Waals surface area contributed by atoms with Crippen molar-refractivity contribution in [3.05, 3.63) is 33.9 Å². The molecule has 0 radical (unpaired) electrons. The van der Waals surface area contributed by atoms with E-state index < -0.39 is 16.5 Å². The van der Waals surface area contributed by atoms with E-state index in [1.54, 1.807) is 0 Å². The lowest BCUT2D eigenvalue weighted by atomic mass is 10.1. The average molecular weight is 294 g/mol. The number of hydrogen-bond donors (Lipinski definition) is 3. The van der Waals surface area contributed by atoms with Crippen LogP contribution in [0.15, 0.2) is 18.2 Å². The third-order valence-electron chi connectivity index (χ3n) is 2.61. The highest BCUT2D eigenvalue weighted by Gasteiger charge is 2.23. The predicted octanol–water partition coefficient (Wildman–Crippen LogP) is 0.679. The van der Waals surface area contributed by atoms with Gasteiger partial charge in [-0.05, 0) is 18.1 Å². The largest absolute Gasteiger partial charge is 0.393 e. The van der Waals surface area contributed by atoms with Crippen molar-refractivity contribution >= 4 is 23.2 Å². The van der Waals surface area contributed by atoms with E-state index in [2.05, 4.69) is 10.6 Å². The molecule has 1 aromatic rings. The fourth-order valence-corrected chi connectivity index (χ4v) is 1.58. The molecule has 0 aliphatic carbocycles. The van der Waals surface area contributed by atoms with Gasteiger partial charge in [0.25, 0.3) is 5.91 Å². The van der Waals surface area contributed by atoms with E-state index >= 15 is 0 Å². The van der Waals surface area contributed by atoms with Gasteiger partial charge in [-0.1, -0.05) is 19.9 Å². The average Bonchev–Trinajstić information content (AvgIpc) is 2.41. The molecule has 1 rings (SSSR count). The van der Waals surface area contributed by atoms with E-state index in [0.717, 1.165) is 0 Å². The number of anilines is 1. The first-order valence-corrected chi connectivity index (χ1v) is 6.40. The summed E-state index contributed by atoms with van der Waals surface area (Å²) < 4.78 is 0. The zero-order chi connectivity index (χ0) is 16.0. The highest BCUT2D eigenvalue weighted by Crippen LogP contribution is 2.25. The first-order valence-electron chi connectivity index (χ1n) is 6.40. The van der Waals surface area contributed by atoms with E-state index in [1.807, 2.05) is 13.8 Å². The maximum Gasteiger partial charge on any atom is 0.304 e. The molecule has 0 spiro atoms. The number of rotatable bonds is 6. The topological polar surface area (TPSA) is 127 Å². The van der Waals surface area contributed by atoms with Crippen LogP contribution in [-0.4, -0.2) is 29.8 Å². The first kappa shape index (κ1) is 16.4. The van der Waals surface area contributed by atoms with Crippen LogP contribution in [0.25, 0.3) is 0 Å². The van der Waals surface area contributed by atoms with Crippen molar-refractivity contribution in [3.63, 3.8) is 0 Å².